The molecule has 0 amide bonds. The fraction of sp³-hybridized carbons (Fsp3) is 0.433. The zero-order valence-electron chi connectivity index (χ0n) is 21.6. The Morgan fingerprint density at radius 1 is 0.778 bits per heavy atom. The van der Waals surface area contributed by atoms with Gasteiger partial charge in [-0.3, -0.25) is 4.98 Å². The summed E-state index contributed by atoms with van der Waals surface area (Å²) < 4.78 is 18.4. The van der Waals surface area contributed by atoms with Crippen molar-refractivity contribution in [2.75, 3.05) is 30.5 Å². The molecule has 0 radical (unpaired) electrons. The zero-order chi connectivity index (χ0) is 25.0. The molecule has 0 aliphatic carbocycles. The first-order valence-corrected chi connectivity index (χ1v) is 12.8. The van der Waals surface area contributed by atoms with Crippen molar-refractivity contribution in [3.63, 3.8) is 0 Å². The largest absolute Gasteiger partial charge is 0.493 e. The average Bonchev–Trinajstić information content (AvgIpc) is 2.83. The van der Waals surface area contributed by atoms with Gasteiger partial charge in [0.05, 0.1) is 35.3 Å². The molecule has 0 saturated heterocycles. The summed E-state index contributed by atoms with van der Waals surface area (Å²) in [6.07, 6.45) is 6.29. The minimum atomic E-state index is -0.218. The molecule has 2 atom stereocenters. The second kappa shape index (κ2) is 8.32. The standard InChI is InChI=1S/C30H35N3O3/c1-28(2)15-22-21(6-5-7-25(22)34-17-28)14-30(4)19-35-26-9-8-20(12-24(26)33-30)13-29(3)18-36-27-16-31-11-10-23(27)32-29/h5-12,16,32-33H,13-15,17-19H2,1-4H3. The summed E-state index contributed by atoms with van der Waals surface area (Å²) in [4.78, 5) is 4.16. The van der Waals surface area contributed by atoms with Crippen LogP contribution < -0.4 is 24.8 Å². The molecule has 0 bridgehead atoms. The van der Waals surface area contributed by atoms with Gasteiger partial charge in [0.1, 0.15) is 24.7 Å². The van der Waals surface area contributed by atoms with E-state index in [1.165, 1.54) is 16.7 Å². The van der Waals surface area contributed by atoms with Gasteiger partial charge in [0.25, 0.3) is 0 Å². The molecule has 4 heterocycles. The van der Waals surface area contributed by atoms with Crippen molar-refractivity contribution in [1.29, 1.82) is 0 Å². The van der Waals surface area contributed by atoms with Crippen LogP contribution in [-0.2, 0) is 19.3 Å². The van der Waals surface area contributed by atoms with Crippen molar-refractivity contribution in [2.45, 2.75) is 58.0 Å². The van der Waals surface area contributed by atoms with Gasteiger partial charge >= 0.3 is 0 Å². The molecule has 0 spiro atoms. The Kier molecular flexibility index (Phi) is 5.32. The van der Waals surface area contributed by atoms with E-state index in [0.29, 0.717) is 13.2 Å². The first-order chi connectivity index (χ1) is 17.2. The normalized spacial score (nSPS) is 25.4. The first kappa shape index (κ1) is 23.0. The number of aromatic nitrogens is 1. The lowest BCUT2D eigenvalue weighted by Gasteiger charge is -2.39. The number of nitrogens with one attached hydrogen (secondary N) is 2. The van der Waals surface area contributed by atoms with E-state index >= 15 is 0 Å². The van der Waals surface area contributed by atoms with E-state index in [-0.39, 0.29) is 16.5 Å². The van der Waals surface area contributed by atoms with E-state index in [1.807, 2.05) is 6.07 Å². The number of nitrogens with zero attached hydrogens (tertiary/aromatic N) is 1. The Hall–Kier alpha value is -3.41. The fourth-order valence-corrected chi connectivity index (χ4v) is 5.68. The molecule has 3 aliphatic rings. The van der Waals surface area contributed by atoms with Crippen LogP contribution in [-0.4, -0.2) is 35.9 Å². The minimum absolute atomic E-state index is 0.145. The van der Waals surface area contributed by atoms with Crippen molar-refractivity contribution >= 4 is 11.4 Å². The number of benzene rings is 2. The van der Waals surface area contributed by atoms with Crippen LogP contribution >= 0.6 is 0 Å². The molecule has 3 aromatic rings. The summed E-state index contributed by atoms with van der Waals surface area (Å²) in [5.74, 6) is 2.75. The predicted octanol–water partition coefficient (Wildman–Crippen LogP) is 5.65. The third-order valence-electron chi connectivity index (χ3n) is 7.47. The average molecular weight is 486 g/mol. The molecule has 2 N–H and O–H groups in total. The van der Waals surface area contributed by atoms with Gasteiger partial charge in [-0.1, -0.05) is 32.0 Å². The molecule has 2 unspecified atom stereocenters. The second-order valence-corrected chi connectivity index (χ2v) is 12.0. The van der Waals surface area contributed by atoms with Crippen LogP contribution in [0.25, 0.3) is 0 Å². The maximum atomic E-state index is 6.27. The van der Waals surface area contributed by atoms with Crippen LogP contribution in [0.3, 0.4) is 0 Å². The third-order valence-corrected chi connectivity index (χ3v) is 7.47. The van der Waals surface area contributed by atoms with Gasteiger partial charge in [-0.05, 0) is 74.1 Å². The van der Waals surface area contributed by atoms with Gasteiger partial charge in [-0.2, -0.15) is 0 Å². The maximum Gasteiger partial charge on any atom is 0.160 e. The van der Waals surface area contributed by atoms with Gasteiger partial charge in [-0.25, -0.2) is 0 Å². The summed E-state index contributed by atoms with van der Waals surface area (Å²) in [5.41, 5.74) is 5.66. The number of rotatable bonds is 4. The highest BCUT2D eigenvalue weighted by molar-refractivity contribution is 5.63. The van der Waals surface area contributed by atoms with Crippen LogP contribution in [0.1, 0.15) is 44.4 Å². The molecule has 0 saturated carbocycles. The molecule has 188 valence electrons. The monoisotopic (exact) mass is 485 g/mol. The molecule has 36 heavy (non-hydrogen) atoms. The Bertz CT molecular complexity index is 1310. The highest BCUT2D eigenvalue weighted by atomic mass is 16.5. The van der Waals surface area contributed by atoms with Crippen molar-refractivity contribution in [3.8, 4) is 17.2 Å². The number of pyridine rings is 1. The van der Waals surface area contributed by atoms with Crippen molar-refractivity contribution < 1.29 is 14.2 Å². The molecule has 6 heteroatoms. The molecule has 6 nitrogen and oxygen atoms in total. The number of ether oxygens (including phenoxy) is 3. The van der Waals surface area contributed by atoms with E-state index in [1.54, 1.807) is 12.4 Å². The van der Waals surface area contributed by atoms with Crippen molar-refractivity contribution in [2.24, 2.45) is 5.41 Å². The van der Waals surface area contributed by atoms with Gasteiger partial charge < -0.3 is 24.8 Å². The maximum absolute atomic E-state index is 6.27. The summed E-state index contributed by atoms with van der Waals surface area (Å²) >= 11 is 0. The molecule has 6 rings (SSSR count). The molecule has 2 aromatic carbocycles. The highest BCUT2D eigenvalue weighted by Gasteiger charge is 2.35. The van der Waals surface area contributed by atoms with Crippen LogP contribution in [0.4, 0.5) is 11.4 Å². The zero-order valence-corrected chi connectivity index (χ0v) is 21.6. The second-order valence-electron chi connectivity index (χ2n) is 12.0. The third kappa shape index (κ3) is 4.45. The van der Waals surface area contributed by atoms with E-state index < -0.39 is 0 Å². The predicted molar refractivity (Wildman–Crippen MR) is 143 cm³/mol. The fourth-order valence-electron chi connectivity index (χ4n) is 5.68. The summed E-state index contributed by atoms with van der Waals surface area (Å²) in [6, 6.07) is 14.9. The van der Waals surface area contributed by atoms with Gasteiger partial charge in [-0.15, -0.1) is 0 Å². The van der Waals surface area contributed by atoms with Crippen LogP contribution in [0.2, 0.25) is 0 Å². The summed E-state index contributed by atoms with van der Waals surface area (Å²) in [6.45, 7) is 11.0. The minimum Gasteiger partial charge on any atom is -0.493 e. The van der Waals surface area contributed by atoms with E-state index in [9.17, 15) is 0 Å². The lowest BCUT2D eigenvalue weighted by molar-refractivity contribution is 0.153. The number of fused-ring (bicyclic) bond motifs is 3. The molecule has 1 aromatic heterocycles. The van der Waals surface area contributed by atoms with Crippen LogP contribution in [0, 0.1) is 5.41 Å². The topological polar surface area (TPSA) is 64.6 Å². The molecule has 0 fully saturated rings. The smallest absolute Gasteiger partial charge is 0.160 e. The van der Waals surface area contributed by atoms with E-state index in [4.69, 9.17) is 14.2 Å². The molecule has 3 aliphatic heterocycles. The summed E-state index contributed by atoms with van der Waals surface area (Å²) in [5, 5.41) is 7.49. The number of hydrogen-bond donors (Lipinski definition) is 2. The van der Waals surface area contributed by atoms with Gasteiger partial charge in [0.2, 0.25) is 0 Å². The Balaban J connectivity index is 1.21. The van der Waals surface area contributed by atoms with Crippen LogP contribution in [0.5, 0.6) is 17.2 Å². The number of anilines is 2. The Labute approximate surface area is 213 Å². The lowest BCUT2D eigenvalue weighted by atomic mass is 9.80. The van der Waals surface area contributed by atoms with Crippen molar-refractivity contribution in [1.82, 2.24) is 4.98 Å². The Morgan fingerprint density at radius 2 is 1.53 bits per heavy atom. The van der Waals surface area contributed by atoms with E-state index in [2.05, 4.69) is 79.7 Å². The molecular formula is C30H35N3O3. The van der Waals surface area contributed by atoms with E-state index in [0.717, 1.165) is 54.5 Å². The number of hydrogen-bond acceptors (Lipinski definition) is 6. The highest BCUT2D eigenvalue weighted by Crippen LogP contribution is 2.40. The summed E-state index contributed by atoms with van der Waals surface area (Å²) in [7, 11) is 0. The van der Waals surface area contributed by atoms with Gasteiger partial charge in [0.15, 0.2) is 5.75 Å². The SMILES string of the molecule is CC1(C)COc2cccc(CC3(C)COc4ccc(CC5(C)COc6cnccc6N5)cc4N3)c2C1. The van der Waals surface area contributed by atoms with Crippen molar-refractivity contribution in [3.05, 3.63) is 71.5 Å². The molecular weight excluding hydrogens is 450 g/mol. The van der Waals surface area contributed by atoms with Gasteiger partial charge in [0, 0.05) is 11.6 Å². The Morgan fingerprint density at radius 3 is 2.39 bits per heavy atom. The lowest BCUT2D eigenvalue weighted by Crippen LogP contribution is -2.47. The first-order valence-electron chi connectivity index (χ1n) is 12.8. The quantitative estimate of drug-likeness (QED) is 0.498. The van der Waals surface area contributed by atoms with Crippen LogP contribution in [0.15, 0.2) is 54.9 Å².